The number of carbonyl (C=O) groups is 1. The van der Waals surface area contributed by atoms with Crippen LogP contribution in [-0.2, 0) is 10.0 Å². The Morgan fingerprint density at radius 1 is 1.00 bits per heavy atom. The maximum atomic E-state index is 13.6. The van der Waals surface area contributed by atoms with Crippen LogP contribution in [0.2, 0.25) is 0 Å². The highest BCUT2D eigenvalue weighted by atomic mass is 32.2. The van der Waals surface area contributed by atoms with Crippen molar-refractivity contribution in [1.29, 1.82) is 5.26 Å². The van der Waals surface area contributed by atoms with Gasteiger partial charge in [0.05, 0.1) is 31.9 Å². The van der Waals surface area contributed by atoms with Crippen LogP contribution in [0, 0.1) is 11.3 Å². The van der Waals surface area contributed by atoms with Crippen LogP contribution >= 0.6 is 11.3 Å². The van der Waals surface area contributed by atoms with Gasteiger partial charge in [0, 0.05) is 28.9 Å². The monoisotopic (exact) mass is 617 g/mol. The number of carbonyl (C=O) groups excluding carboxylic acids is 1. The summed E-state index contributed by atoms with van der Waals surface area (Å²) in [5.74, 6) is 0.388. The Morgan fingerprint density at radius 2 is 1.63 bits per heavy atom. The Labute approximate surface area is 249 Å². The highest BCUT2D eigenvalue weighted by Gasteiger charge is 2.27. The third-order valence-electron chi connectivity index (χ3n) is 6.39. The van der Waals surface area contributed by atoms with Crippen LogP contribution in [0.25, 0.3) is 21.3 Å². The zero-order valence-electron chi connectivity index (χ0n) is 22.9. The molecule has 0 atom stereocenters. The number of pyridine rings is 1. The number of sulfonamides is 1. The number of nitrogen functional groups attached to an aromatic ring is 2. The van der Waals surface area contributed by atoms with E-state index in [0.29, 0.717) is 38.6 Å². The van der Waals surface area contributed by atoms with Crippen LogP contribution in [-0.4, -0.2) is 50.5 Å². The van der Waals surface area contributed by atoms with E-state index in [1.54, 1.807) is 18.2 Å². The average Bonchev–Trinajstić information content (AvgIpc) is 3.34. The number of thiophene rings is 1. The summed E-state index contributed by atoms with van der Waals surface area (Å²) in [6.45, 7) is 0. The number of benzene rings is 2. The number of nitrogens with one attached hydrogen (secondary N) is 1. The van der Waals surface area contributed by atoms with Crippen molar-refractivity contribution in [3.63, 3.8) is 0 Å². The van der Waals surface area contributed by atoms with Crippen molar-refractivity contribution in [2.75, 3.05) is 37.5 Å². The minimum Gasteiger partial charge on any atom is -0.493 e. The van der Waals surface area contributed by atoms with E-state index in [-0.39, 0.29) is 38.4 Å². The lowest BCUT2D eigenvalue weighted by atomic mass is 9.96. The zero-order chi connectivity index (χ0) is 30.9. The molecule has 5 N–H and O–H groups in total. The molecule has 0 saturated carbocycles. The normalized spacial score (nSPS) is 11.1. The molecule has 0 amide bonds. The molecule has 5 aromatic rings. The Kier molecular flexibility index (Phi) is 7.72. The Hall–Kier alpha value is -5.46. The summed E-state index contributed by atoms with van der Waals surface area (Å²) in [5.41, 5.74) is 13.9. The number of ether oxygens (including phenoxy) is 3. The third kappa shape index (κ3) is 5.20. The zero-order valence-corrected chi connectivity index (χ0v) is 24.5. The molecule has 0 spiro atoms. The molecular weight excluding hydrogens is 594 g/mol. The number of nitrogens with two attached hydrogens (primary N) is 2. The minimum atomic E-state index is -4.01. The number of hydrogen-bond donors (Lipinski definition) is 3. The molecule has 2 aromatic carbocycles. The van der Waals surface area contributed by atoms with Crippen molar-refractivity contribution in [2.24, 2.45) is 0 Å². The summed E-state index contributed by atoms with van der Waals surface area (Å²) in [6.07, 6.45) is 2.80. The van der Waals surface area contributed by atoms with E-state index < -0.39 is 15.8 Å². The second-order valence-corrected chi connectivity index (χ2v) is 11.5. The summed E-state index contributed by atoms with van der Waals surface area (Å²) in [4.78, 5) is 26.1. The van der Waals surface area contributed by atoms with E-state index in [1.165, 1.54) is 58.0 Å². The van der Waals surface area contributed by atoms with Gasteiger partial charge in [-0.3, -0.25) is 4.79 Å². The second kappa shape index (κ2) is 11.4. The van der Waals surface area contributed by atoms with E-state index in [9.17, 15) is 18.5 Å². The first-order valence-corrected chi connectivity index (χ1v) is 14.6. The van der Waals surface area contributed by atoms with Crippen LogP contribution < -0.4 is 30.4 Å². The highest BCUT2D eigenvalue weighted by Crippen LogP contribution is 2.47. The van der Waals surface area contributed by atoms with Gasteiger partial charge >= 0.3 is 0 Å². The lowest BCUT2D eigenvalue weighted by Gasteiger charge is -2.16. The second-order valence-electron chi connectivity index (χ2n) is 8.83. The van der Waals surface area contributed by atoms with E-state index in [2.05, 4.69) is 25.7 Å². The van der Waals surface area contributed by atoms with Gasteiger partial charge in [0.1, 0.15) is 27.2 Å². The number of hydrogen-bond acceptors (Lipinski definition) is 13. The number of rotatable bonds is 9. The highest BCUT2D eigenvalue weighted by molar-refractivity contribution is 7.92. The predicted octanol–water partition coefficient (Wildman–Crippen LogP) is 3.85. The van der Waals surface area contributed by atoms with Crippen molar-refractivity contribution >= 4 is 54.8 Å². The molecule has 5 rings (SSSR count). The predicted molar refractivity (Wildman–Crippen MR) is 161 cm³/mol. The molecule has 0 fully saturated rings. The number of ketones is 1. The van der Waals surface area contributed by atoms with Crippen molar-refractivity contribution in [1.82, 2.24) is 15.0 Å². The van der Waals surface area contributed by atoms with Gasteiger partial charge in [-0.05, 0) is 48.0 Å². The van der Waals surface area contributed by atoms with Gasteiger partial charge in [-0.25, -0.2) is 28.1 Å². The van der Waals surface area contributed by atoms with Gasteiger partial charge < -0.3 is 25.7 Å². The lowest BCUT2D eigenvalue weighted by Crippen LogP contribution is -2.15. The number of fused-ring (bicyclic) bond motifs is 1. The summed E-state index contributed by atoms with van der Waals surface area (Å²) in [6, 6.07) is 12.2. The Morgan fingerprint density at radius 3 is 2.19 bits per heavy atom. The van der Waals surface area contributed by atoms with Crippen molar-refractivity contribution < 1.29 is 27.4 Å². The molecular formula is C28H23N7O6S2. The molecule has 0 aliphatic carbocycles. The van der Waals surface area contributed by atoms with Crippen LogP contribution in [0.1, 0.15) is 20.8 Å². The first-order chi connectivity index (χ1) is 20.6. The fraction of sp³-hybridized carbons (Fsp3) is 0.107. The summed E-state index contributed by atoms with van der Waals surface area (Å²) in [5, 5.41) is 10.4. The SMILES string of the molecule is COc1cc(-c2c(C#N)c(N)nc3sc(C(=O)c4ccc(S(=O)(=O)Nc5ncccn5)cc4)c(N)c23)cc(OC)c1OC. The number of nitrogens with zero attached hydrogens (tertiary/aromatic N) is 4. The van der Waals surface area contributed by atoms with E-state index in [1.807, 2.05) is 0 Å². The molecule has 3 aromatic heterocycles. The van der Waals surface area contributed by atoms with Gasteiger partial charge in [0.15, 0.2) is 11.5 Å². The third-order valence-corrected chi connectivity index (χ3v) is 8.84. The molecule has 0 bridgehead atoms. The molecule has 0 saturated heterocycles. The molecule has 218 valence electrons. The van der Waals surface area contributed by atoms with Crippen molar-refractivity contribution in [3.8, 4) is 34.4 Å². The molecule has 43 heavy (non-hydrogen) atoms. The molecule has 15 heteroatoms. The smallest absolute Gasteiger partial charge is 0.264 e. The largest absolute Gasteiger partial charge is 0.493 e. The van der Waals surface area contributed by atoms with Crippen molar-refractivity contribution in [3.05, 3.63) is 70.9 Å². The lowest BCUT2D eigenvalue weighted by molar-refractivity contribution is 0.104. The average molecular weight is 618 g/mol. The van der Waals surface area contributed by atoms with E-state index >= 15 is 0 Å². The van der Waals surface area contributed by atoms with Gasteiger partial charge in [-0.1, -0.05) is 0 Å². The van der Waals surface area contributed by atoms with Gasteiger partial charge in [-0.2, -0.15) is 5.26 Å². The number of nitriles is 1. The number of methoxy groups -OCH3 is 3. The standard InChI is InChI=1S/C28H23N7O6S2/c1-39-18-11-15(12-19(40-2)24(18)41-3)20-17(13-29)26(31)34-27-21(20)22(30)25(42-27)23(36)14-5-7-16(8-6-14)43(37,38)35-28-32-9-4-10-33-28/h4-12H,30H2,1-3H3,(H2,31,34)(H,32,33,35). The first-order valence-electron chi connectivity index (χ1n) is 12.3. The number of aromatic nitrogens is 3. The topological polar surface area (TPSA) is 205 Å². The minimum absolute atomic E-state index is 0.0507. The summed E-state index contributed by atoms with van der Waals surface area (Å²) < 4.78 is 44.2. The number of anilines is 3. The molecule has 0 unspecified atom stereocenters. The Bertz CT molecular complexity index is 2000. The maximum Gasteiger partial charge on any atom is 0.264 e. The van der Waals surface area contributed by atoms with E-state index in [4.69, 9.17) is 25.7 Å². The molecule has 3 heterocycles. The van der Waals surface area contributed by atoms with Crippen LogP contribution in [0.4, 0.5) is 17.5 Å². The molecule has 0 aliphatic heterocycles. The summed E-state index contributed by atoms with van der Waals surface area (Å²) >= 11 is 0.999. The Balaban J connectivity index is 1.60. The van der Waals surface area contributed by atoms with Crippen LogP contribution in [0.5, 0.6) is 17.2 Å². The fourth-order valence-electron chi connectivity index (χ4n) is 4.41. The van der Waals surface area contributed by atoms with Gasteiger partial charge in [-0.15, -0.1) is 11.3 Å². The fourth-order valence-corrected chi connectivity index (χ4v) is 6.45. The van der Waals surface area contributed by atoms with Gasteiger partial charge in [0.25, 0.3) is 10.0 Å². The summed E-state index contributed by atoms with van der Waals surface area (Å²) in [7, 11) is 0.378. The maximum absolute atomic E-state index is 13.6. The van der Waals surface area contributed by atoms with Crippen LogP contribution in [0.3, 0.4) is 0 Å². The molecule has 0 radical (unpaired) electrons. The van der Waals surface area contributed by atoms with Crippen molar-refractivity contribution in [2.45, 2.75) is 4.90 Å². The molecule has 13 nitrogen and oxygen atoms in total. The van der Waals surface area contributed by atoms with Gasteiger partial charge in [0.2, 0.25) is 17.5 Å². The quantitative estimate of drug-likeness (QED) is 0.202. The molecule has 0 aliphatic rings. The van der Waals surface area contributed by atoms with E-state index in [0.717, 1.165) is 11.3 Å². The first kappa shape index (κ1) is 29.0. The van der Waals surface area contributed by atoms with Crippen LogP contribution in [0.15, 0.2) is 59.8 Å².